The van der Waals surface area contributed by atoms with Crippen molar-refractivity contribution in [3.8, 4) is 11.3 Å². The molecular formula is C26H24N2O. The fourth-order valence-electron chi connectivity index (χ4n) is 3.82. The first-order valence-corrected chi connectivity index (χ1v) is 9.79. The Kier molecular flexibility index (Phi) is 4.89. The molecule has 0 saturated carbocycles. The molecule has 1 N–H and O–H groups in total. The topological polar surface area (TPSA) is 42.0 Å². The number of nitrogens with one attached hydrogen (secondary N) is 1. The SMILES string of the molecule is Cc1ccc(-c2nc3c(C)cc(C)cc3c(C(=O)Nc3ccccc3)c2C)cc1. The molecule has 0 aliphatic carbocycles. The quantitative estimate of drug-likeness (QED) is 0.447. The third-order valence-corrected chi connectivity index (χ3v) is 5.25. The van der Waals surface area contributed by atoms with Gasteiger partial charge in [0.05, 0.1) is 16.8 Å². The number of amides is 1. The van der Waals surface area contributed by atoms with Crippen molar-refractivity contribution in [3.05, 3.63) is 94.5 Å². The number of hydrogen-bond donors (Lipinski definition) is 1. The maximum Gasteiger partial charge on any atom is 0.256 e. The fourth-order valence-corrected chi connectivity index (χ4v) is 3.82. The van der Waals surface area contributed by atoms with Gasteiger partial charge in [0.15, 0.2) is 0 Å². The van der Waals surface area contributed by atoms with E-state index in [0.717, 1.165) is 44.5 Å². The van der Waals surface area contributed by atoms with Crippen LogP contribution in [0.1, 0.15) is 32.6 Å². The minimum Gasteiger partial charge on any atom is -0.322 e. The van der Waals surface area contributed by atoms with Gasteiger partial charge in [0.25, 0.3) is 5.91 Å². The minimum atomic E-state index is -0.112. The Morgan fingerprint density at radius 1 is 0.828 bits per heavy atom. The highest BCUT2D eigenvalue weighted by atomic mass is 16.1. The zero-order valence-electron chi connectivity index (χ0n) is 17.2. The van der Waals surface area contributed by atoms with Crippen molar-refractivity contribution in [1.82, 2.24) is 4.98 Å². The van der Waals surface area contributed by atoms with Crippen LogP contribution in [0.4, 0.5) is 5.69 Å². The van der Waals surface area contributed by atoms with Crippen molar-refractivity contribution in [3.63, 3.8) is 0 Å². The van der Waals surface area contributed by atoms with Gasteiger partial charge in [-0.1, -0.05) is 59.7 Å². The van der Waals surface area contributed by atoms with Gasteiger partial charge in [-0.15, -0.1) is 0 Å². The summed E-state index contributed by atoms with van der Waals surface area (Å²) >= 11 is 0. The minimum absolute atomic E-state index is 0.112. The van der Waals surface area contributed by atoms with Gasteiger partial charge in [-0.2, -0.15) is 0 Å². The number of pyridine rings is 1. The molecular weight excluding hydrogens is 356 g/mol. The highest BCUT2D eigenvalue weighted by molar-refractivity contribution is 6.15. The van der Waals surface area contributed by atoms with E-state index in [1.807, 2.05) is 37.3 Å². The predicted molar refractivity (Wildman–Crippen MR) is 121 cm³/mol. The second-order valence-corrected chi connectivity index (χ2v) is 7.62. The van der Waals surface area contributed by atoms with E-state index in [9.17, 15) is 4.79 Å². The van der Waals surface area contributed by atoms with Gasteiger partial charge in [0, 0.05) is 16.6 Å². The van der Waals surface area contributed by atoms with E-state index in [-0.39, 0.29) is 5.91 Å². The zero-order chi connectivity index (χ0) is 20.5. The number of rotatable bonds is 3. The molecule has 0 saturated heterocycles. The van der Waals surface area contributed by atoms with Crippen LogP contribution in [0, 0.1) is 27.7 Å². The van der Waals surface area contributed by atoms with Crippen LogP contribution in [0.15, 0.2) is 66.7 Å². The Balaban J connectivity index is 1.96. The van der Waals surface area contributed by atoms with E-state index in [0.29, 0.717) is 5.56 Å². The van der Waals surface area contributed by atoms with Gasteiger partial charge in [0.2, 0.25) is 0 Å². The summed E-state index contributed by atoms with van der Waals surface area (Å²) in [5, 5.41) is 3.94. The molecule has 1 heterocycles. The van der Waals surface area contributed by atoms with Crippen LogP contribution in [0.25, 0.3) is 22.2 Å². The van der Waals surface area contributed by atoms with Crippen LogP contribution in [0.2, 0.25) is 0 Å². The third kappa shape index (κ3) is 3.64. The van der Waals surface area contributed by atoms with Crippen LogP contribution in [-0.4, -0.2) is 10.9 Å². The first-order chi connectivity index (χ1) is 13.9. The maximum atomic E-state index is 13.4. The number of anilines is 1. The van der Waals surface area contributed by atoms with Crippen LogP contribution in [-0.2, 0) is 0 Å². The first-order valence-electron chi connectivity index (χ1n) is 9.79. The van der Waals surface area contributed by atoms with Gasteiger partial charge in [-0.3, -0.25) is 4.79 Å². The number of fused-ring (bicyclic) bond motifs is 1. The summed E-state index contributed by atoms with van der Waals surface area (Å²) in [6.07, 6.45) is 0. The highest BCUT2D eigenvalue weighted by Crippen LogP contribution is 2.32. The summed E-state index contributed by atoms with van der Waals surface area (Å²) in [6.45, 7) is 8.15. The summed E-state index contributed by atoms with van der Waals surface area (Å²) in [5.41, 5.74) is 8.47. The second-order valence-electron chi connectivity index (χ2n) is 7.62. The molecule has 4 rings (SSSR count). The summed E-state index contributed by atoms with van der Waals surface area (Å²) in [6, 6.07) is 22.0. The molecule has 1 aromatic heterocycles. The normalized spacial score (nSPS) is 10.9. The molecule has 29 heavy (non-hydrogen) atoms. The largest absolute Gasteiger partial charge is 0.322 e. The lowest BCUT2D eigenvalue weighted by Gasteiger charge is -2.17. The lowest BCUT2D eigenvalue weighted by Crippen LogP contribution is -2.15. The Labute approximate surface area is 171 Å². The number of para-hydroxylation sites is 1. The van der Waals surface area contributed by atoms with E-state index in [1.165, 1.54) is 5.56 Å². The Morgan fingerprint density at radius 2 is 1.52 bits per heavy atom. The van der Waals surface area contributed by atoms with E-state index in [4.69, 9.17) is 4.98 Å². The first kappa shape index (κ1) is 18.9. The molecule has 0 atom stereocenters. The van der Waals surface area contributed by atoms with Crippen LogP contribution in [0.5, 0.6) is 0 Å². The highest BCUT2D eigenvalue weighted by Gasteiger charge is 2.20. The summed E-state index contributed by atoms with van der Waals surface area (Å²) in [7, 11) is 0. The Bertz CT molecular complexity index is 1210. The molecule has 0 unspecified atom stereocenters. The Hall–Kier alpha value is -3.46. The molecule has 0 radical (unpaired) electrons. The monoisotopic (exact) mass is 380 g/mol. The number of aryl methyl sites for hydroxylation is 3. The molecule has 1 amide bonds. The van der Waals surface area contributed by atoms with Crippen LogP contribution < -0.4 is 5.32 Å². The zero-order valence-corrected chi connectivity index (χ0v) is 17.2. The molecule has 3 aromatic carbocycles. The van der Waals surface area contributed by atoms with Crippen molar-refractivity contribution in [2.24, 2.45) is 0 Å². The fraction of sp³-hybridized carbons (Fsp3) is 0.154. The van der Waals surface area contributed by atoms with E-state index >= 15 is 0 Å². The molecule has 0 aliphatic rings. The number of aromatic nitrogens is 1. The maximum absolute atomic E-state index is 13.4. The van der Waals surface area contributed by atoms with Gasteiger partial charge in [-0.05, 0) is 57.0 Å². The number of nitrogens with zero attached hydrogens (tertiary/aromatic N) is 1. The van der Waals surface area contributed by atoms with Gasteiger partial charge in [-0.25, -0.2) is 4.98 Å². The van der Waals surface area contributed by atoms with Crippen molar-refractivity contribution in [2.75, 3.05) is 5.32 Å². The van der Waals surface area contributed by atoms with E-state index < -0.39 is 0 Å². The van der Waals surface area contributed by atoms with Gasteiger partial charge in [0.1, 0.15) is 0 Å². The average Bonchev–Trinajstić information content (AvgIpc) is 2.69. The van der Waals surface area contributed by atoms with Crippen molar-refractivity contribution >= 4 is 22.5 Å². The lowest BCUT2D eigenvalue weighted by atomic mass is 9.94. The molecule has 3 nitrogen and oxygen atoms in total. The number of hydrogen-bond acceptors (Lipinski definition) is 2. The molecule has 3 heteroatoms. The molecule has 0 fully saturated rings. The average molecular weight is 380 g/mol. The van der Waals surface area contributed by atoms with Gasteiger partial charge < -0.3 is 5.32 Å². The van der Waals surface area contributed by atoms with Crippen LogP contribution in [0.3, 0.4) is 0 Å². The molecule has 4 aromatic rings. The second kappa shape index (κ2) is 7.51. The molecule has 0 bridgehead atoms. The molecule has 144 valence electrons. The third-order valence-electron chi connectivity index (χ3n) is 5.25. The number of carbonyl (C=O) groups is 1. The molecule has 0 spiro atoms. The smallest absolute Gasteiger partial charge is 0.256 e. The summed E-state index contributed by atoms with van der Waals surface area (Å²) in [4.78, 5) is 18.4. The molecule has 0 aliphatic heterocycles. The Morgan fingerprint density at radius 3 is 2.21 bits per heavy atom. The van der Waals surface area contributed by atoms with E-state index in [2.05, 4.69) is 62.5 Å². The van der Waals surface area contributed by atoms with Gasteiger partial charge >= 0.3 is 0 Å². The van der Waals surface area contributed by atoms with Crippen LogP contribution >= 0.6 is 0 Å². The van der Waals surface area contributed by atoms with Crippen molar-refractivity contribution in [1.29, 1.82) is 0 Å². The standard InChI is InChI=1S/C26H24N2O/c1-16-10-12-20(13-11-16)25-19(4)23(26(29)27-21-8-6-5-7-9-21)22-15-17(2)14-18(3)24(22)28-25/h5-15H,1-4H3,(H,27,29). The predicted octanol–water partition coefficient (Wildman–Crippen LogP) is 6.39. The van der Waals surface area contributed by atoms with E-state index in [1.54, 1.807) is 0 Å². The summed E-state index contributed by atoms with van der Waals surface area (Å²) < 4.78 is 0. The van der Waals surface area contributed by atoms with Crippen molar-refractivity contribution in [2.45, 2.75) is 27.7 Å². The van der Waals surface area contributed by atoms with Crippen molar-refractivity contribution < 1.29 is 4.79 Å². The number of benzene rings is 3. The number of carbonyl (C=O) groups excluding carboxylic acids is 1. The summed E-state index contributed by atoms with van der Waals surface area (Å²) in [5.74, 6) is -0.112. The lowest BCUT2D eigenvalue weighted by molar-refractivity contribution is 0.102.